The Bertz CT molecular complexity index is 219. The van der Waals surface area contributed by atoms with E-state index in [2.05, 4.69) is 0 Å². The molecule has 0 aromatic rings. The van der Waals surface area contributed by atoms with Crippen molar-refractivity contribution >= 4 is 0 Å². The van der Waals surface area contributed by atoms with Crippen LogP contribution < -0.4 is 0 Å². The molecule has 1 nitrogen and oxygen atoms in total. The lowest BCUT2D eigenvalue weighted by atomic mass is 10.0. The molecule has 0 rings (SSSR count). The highest BCUT2D eigenvalue weighted by Crippen LogP contribution is 2.41. The average molecular weight is 280 g/mol. The van der Waals surface area contributed by atoms with Gasteiger partial charge < -0.3 is 4.48 Å². The van der Waals surface area contributed by atoms with E-state index in [1.807, 2.05) is 0 Å². The number of hydrogen-bond acceptors (Lipinski definition) is 0. The first-order valence-electron chi connectivity index (χ1n) is 6.01. The van der Waals surface area contributed by atoms with Crippen LogP contribution >= 0.6 is 0 Å². The van der Waals surface area contributed by atoms with Crippen molar-refractivity contribution in [2.75, 3.05) is 26.2 Å². The van der Waals surface area contributed by atoms with Gasteiger partial charge >= 0.3 is 12.4 Å². The van der Waals surface area contributed by atoms with Crippen molar-refractivity contribution in [1.82, 2.24) is 0 Å². The van der Waals surface area contributed by atoms with Gasteiger partial charge in [0.25, 0.3) is 0 Å². The molecule has 0 radical (unpaired) electrons. The van der Waals surface area contributed by atoms with Crippen LogP contribution in [0.4, 0.5) is 26.3 Å². The van der Waals surface area contributed by atoms with Crippen molar-refractivity contribution in [1.29, 1.82) is 0 Å². The summed E-state index contributed by atoms with van der Waals surface area (Å²) in [6.45, 7) is 6.85. The molecule has 0 aromatic carbocycles. The molecule has 7 heteroatoms. The molecular formula is C11H20F6N+. The van der Waals surface area contributed by atoms with Gasteiger partial charge in [0.2, 0.25) is 0 Å². The van der Waals surface area contributed by atoms with Gasteiger partial charge in [-0.05, 0) is 20.8 Å². The van der Waals surface area contributed by atoms with E-state index < -0.39 is 24.7 Å². The van der Waals surface area contributed by atoms with E-state index in [9.17, 15) is 26.3 Å². The zero-order chi connectivity index (χ0) is 14.6. The number of rotatable bonds is 6. The molecule has 0 saturated heterocycles. The van der Waals surface area contributed by atoms with Gasteiger partial charge in [-0.3, -0.25) is 0 Å². The summed E-state index contributed by atoms with van der Waals surface area (Å²) in [4.78, 5) is 0. The van der Waals surface area contributed by atoms with Gasteiger partial charge in [-0.2, -0.15) is 26.3 Å². The highest BCUT2D eigenvalue weighted by molar-refractivity contribution is 4.75. The van der Waals surface area contributed by atoms with E-state index in [1.54, 1.807) is 20.8 Å². The van der Waals surface area contributed by atoms with Crippen molar-refractivity contribution in [2.45, 2.75) is 39.5 Å². The Morgan fingerprint density at radius 2 is 1.11 bits per heavy atom. The smallest absolute Gasteiger partial charge is 0.324 e. The first-order chi connectivity index (χ1) is 8.02. The van der Waals surface area contributed by atoms with E-state index in [4.69, 9.17) is 0 Å². The summed E-state index contributed by atoms with van der Waals surface area (Å²) in [5, 5.41) is 0. The third-order valence-corrected chi connectivity index (χ3v) is 3.69. The third kappa shape index (κ3) is 4.66. The Balaban J connectivity index is 4.83. The maximum absolute atomic E-state index is 12.4. The summed E-state index contributed by atoms with van der Waals surface area (Å²) in [7, 11) is 0. The Kier molecular flexibility index (Phi) is 5.97. The second-order valence-corrected chi connectivity index (χ2v) is 4.44. The van der Waals surface area contributed by atoms with Crippen LogP contribution in [0.5, 0.6) is 0 Å². The molecule has 110 valence electrons. The summed E-state index contributed by atoms with van der Waals surface area (Å²) in [6, 6.07) is 0. The van der Waals surface area contributed by atoms with Crippen LogP contribution in [0.25, 0.3) is 0 Å². The van der Waals surface area contributed by atoms with Crippen LogP contribution in [-0.2, 0) is 0 Å². The Hall–Kier alpha value is -0.460. The number of nitrogens with zero attached hydrogens (tertiary/aromatic N) is 1. The van der Waals surface area contributed by atoms with Gasteiger partial charge in [-0.1, -0.05) is 0 Å². The van der Waals surface area contributed by atoms with Gasteiger partial charge in [-0.15, -0.1) is 0 Å². The van der Waals surface area contributed by atoms with Crippen LogP contribution in [-0.4, -0.2) is 43.0 Å². The van der Waals surface area contributed by atoms with E-state index >= 15 is 0 Å². The number of hydrogen-bond donors (Lipinski definition) is 0. The fraction of sp³-hybridized carbons (Fsp3) is 1.00. The fourth-order valence-electron chi connectivity index (χ4n) is 2.06. The fourth-order valence-corrected chi connectivity index (χ4v) is 2.06. The summed E-state index contributed by atoms with van der Waals surface area (Å²) in [6.07, 6.45) is -11.3. The first-order valence-corrected chi connectivity index (χ1v) is 6.01. The number of halogens is 6. The molecule has 0 aliphatic rings. The molecule has 0 amide bonds. The average Bonchev–Trinajstić information content (AvgIpc) is 2.21. The quantitative estimate of drug-likeness (QED) is 0.509. The predicted molar refractivity (Wildman–Crippen MR) is 57.0 cm³/mol. The molecule has 0 unspecified atom stereocenters. The maximum Gasteiger partial charge on any atom is 0.400 e. The Morgan fingerprint density at radius 3 is 1.33 bits per heavy atom. The molecular weight excluding hydrogens is 260 g/mol. The molecule has 0 aromatic heterocycles. The van der Waals surface area contributed by atoms with Gasteiger partial charge in [0.15, 0.2) is 5.92 Å². The predicted octanol–water partition coefficient (Wildman–Crippen LogP) is 3.99. The topological polar surface area (TPSA) is 0 Å². The third-order valence-electron chi connectivity index (χ3n) is 3.69. The van der Waals surface area contributed by atoms with E-state index in [-0.39, 0.29) is 11.0 Å². The van der Waals surface area contributed by atoms with E-state index in [1.165, 1.54) is 0 Å². The summed E-state index contributed by atoms with van der Waals surface area (Å²) in [5.41, 5.74) is 0. The number of alkyl halides is 6. The van der Waals surface area contributed by atoms with Crippen LogP contribution in [0.3, 0.4) is 0 Å². The van der Waals surface area contributed by atoms with Crippen LogP contribution in [0.1, 0.15) is 27.2 Å². The van der Waals surface area contributed by atoms with E-state index in [0.717, 1.165) is 0 Å². The zero-order valence-corrected chi connectivity index (χ0v) is 10.8. The van der Waals surface area contributed by atoms with Gasteiger partial charge in [-0.25, -0.2) is 0 Å². The van der Waals surface area contributed by atoms with Gasteiger partial charge in [0, 0.05) is 6.42 Å². The lowest BCUT2D eigenvalue weighted by molar-refractivity contribution is -0.924. The first kappa shape index (κ1) is 17.5. The largest absolute Gasteiger partial charge is 0.400 e. The van der Waals surface area contributed by atoms with Crippen molar-refractivity contribution in [3.63, 3.8) is 0 Å². The molecule has 0 fully saturated rings. The van der Waals surface area contributed by atoms with Crippen molar-refractivity contribution < 1.29 is 30.8 Å². The second kappa shape index (κ2) is 6.12. The molecule has 0 saturated carbocycles. The Morgan fingerprint density at radius 1 is 0.778 bits per heavy atom. The second-order valence-electron chi connectivity index (χ2n) is 4.44. The normalized spacial score (nSPS) is 14.3. The molecule has 18 heavy (non-hydrogen) atoms. The molecule has 0 atom stereocenters. The minimum Gasteiger partial charge on any atom is -0.324 e. The highest BCUT2D eigenvalue weighted by atomic mass is 19.4. The molecule has 0 spiro atoms. The van der Waals surface area contributed by atoms with Crippen molar-refractivity contribution in [2.24, 2.45) is 5.92 Å². The molecule has 0 N–H and O–H groups in total. The minimum absolute atomic E-state index is 0.104. The maximum atomic E-state index is 12.4. The number of quaternary nitrogens is 1. The van der Waals surface area contributed by atoms with Gasteiger partial charge in [0.1, 0.15) is 0 Å². The molecule has 0 aliphatic heterocycles. The summed E-state index contributed by atoms with van der Waals surface area (Å²) < 4.78 is 74.5. The molecule has 0 bridgehead atoms. The monoisotopic (exact) mass is 280 g/mol. The lowest BCUT2D eigenvalue weighted by Crippen LogP contribution is -2.50. The van der Waals surface area contributed by atoms with Gasteiger partial charge in [0.05, 0.1) is 26.2 Å². The highest BCUT2D eigenvalue weighted by Gasteiger charge is 2.56. The van der Waals surface area contributed by atoms with Crippen LogP contribution in [0.2, 0.25) is 0 Å². The zero-order valence-electron chi connectivity index (χ0n) is 10.8. The SMILES string of the molecule is CC[N+](CC)(CC)CCC(C(F)(F)F)C(F)(F)F. The lowest BCUT2D eigenvalue weighted by Gasteiger charge is -2.37. The molecule has 0 aliphatic carbocycles. The van der Waals surface area contributed by atoms with Crippen LogP contribution in [0.15, 0.2) is 0 Å². The van der Waals surface area contributed by atoms with Crippen molar-refractivity contribution in [3.8, 4) is 0 Å². The summed E-state index contributed by atoms with van der Waals surface area (Å²) in [5.74, 6) is -3.22. The van der Waals surface area contributed by atoms with E-state index in [0.29, 0.717) is 19.6 Å². The minimum atomic E-state index is -5.22. The summed E-state index contributed by atoms with van der Waals surface area (Å²) >= 11 is 0. The molecule has 0 heterocycles. The van der Waals surface area contributed by atoms with Crippen LogP contribution in [0, 0.1) is 5.92 Å². The Labute approximate surface area is 103 Å². The van der Waals surface area contributed by atoms with Crippen molar-refractivity contribution in [3.05, 3.63) is 0 Å². The standard InChI is InChI=1S/C11H20F6N/c1-4-18(5-2,6-3)8-7-9(10(12,13)14)11(15,16)17/h9H,4-8H2,1-3H3/q+1.